The lowest BCUT2D eigenvalue weighted by Gasteiger charge is -2.21. The minimum atomic E-state index is -3.95. The quantitative estimate of drug-likeness (QED) is 0.164. The second-order valence-electron chi connectivity index (χ2n) is 8.09. The minimum Gasteiger partial charge on any atom is -0.302 e. The highest BCUT2D eigenvalue weighted by molar-refractivity contribution is 7.47. The van der Waals surface area contributed by atoms with Crippen molar-refractivity contribution in [2.75, 3.05) is 6.61 Å². The Morgan fingerprint density at radius 3 is 1.78 bits per heavy atom. The lowest BCUT2D eigenvalue weighted by Crippen LogP contribution is -2.13. The summed E-state index contributed by atoms with van der Waals surface area (Å²) in [6.07, 6.45) is 17.2. The van der Waals surface area contributed by atoms with Gasteiger partial charge in [-0.1, -0.05) is 97.8 Å². The molecule has 0 spiro atoms. The molecule has 0 saturated carbocycles. The first-order chi connectivity index (χ1) is 12.9. The lowest BCUT2D eigenvalue weighted by atomic mass is 9.95. The van der Waals surface area contributed by atoms with Crippen LogP contribution in [-0.4, -0.2) is 17.6 Å². The zero-order chi connectivity index (χ0) is 20.4. The Morgan fingerprint density at radius 2 is 1.19 bits per heavy atom. The van der Waals surface area contributed by atoms with Gasteiger partial charge in [0.25, 0.3) is 0 Å². The molecule has 0 aromatic heterocycles. The van der Waals surface area contributed by atoms with Gasteiger partial charge in [-0.15, -0.1) is 0 Å². The molecule has 0 aliphatic heterocycles. The molecule has 0 amide bonds. The number of rotatable bonds is 20. The minimum absolute atomic E-state index is 0.231. The van der Waals surface area contributed by atoms with Crippen molar-refractivity contribution >= 4 is 7.82 Å². The molecule has 0 aliphatic carbocycles. The molecule has 1 N–H and O–H groups in total. The molecule has 0 aliphatic rings. The number of phosphoric ester groups is 1. The van der Waals surface area contributed by atoms with E-state index < -0.39 is 7.82 Å². The highest BCUT2D eigenvalue weighted by atomic mass is 31.2. The fourth-order valence-electron chi connectivity index (χ4n) is 3.40. The Bertz CT molecular complexity index is 362. The predicted octanol–water partition coefficient (Wildman–Crippen LogP) is 8.04. The second kappa shape index (κ2) is 18.2. The monoisotopic (exact) mass is 406 g/mol. The molecular weight excluding hydrogens is 359 g/mol. The average molecular weight is 407 g/mol. The van der Waals surface area contributed by atoms with E-state index in [1.54, 1.807) is 0 Å². The highest BCUT2D eigenvalue weighted by Gasteiger charge is 2.25. The molecule has 3 atom stereocenters. The molecule has 5 heteroatoms. The van der Waals surface area contributed by atoms with Gasteiger partial charge < -0.3 is 4.89 Å². The van der Waals surface area contributed by atoms with Gasteiger partial charge in [0.15, 0.2) is 0 Å². The van der Waals surface area contributed by atoms with Gasteiger partial charge in [-0.05, 0) is 32.1 Å². The molecule has 164 valence electrons. The maximum absolute atomic E-state index is 12.3. The van der Waals surface area contributed by atoms with E-state index in [1.165, 1.54) is 64.2 Å². The van der Waals surface area contributed by atoms with Gasteiger partial charge in [-0.25, -0.2) is 4.57 Å². The Hall–Kier alpha value is 0.110. The van der Waals surface area contributed by atoms with Crippen LogP contribution in [0.5, 0.6) is 0 Å². The maximum Gasteiger partial charge on any atom is 0.472 e. The van der Waals surface area contributed by atoms with Crippen molar-refractivity contribution in [2.24, 2.45) is 5.92 Å². The Balaban J connectivity index is 4.22. The normalized spacial score (nSPS) is 16.2. The molecule has 4 nitrogen and oxygen atoms in total. The summed E-state index contributed by atoms with van der Waals surface area (Å²) >= 11 is 0. The first-order valence-corrected chi connectivity index (χ1v) is 13.1. The molecule has 0 fully saturated rings. The topological polar surface area (TPSA) is 55.8 Å². The standard InChI is InChI=1S/C22H47O4P/c1-5-8-11-13-16-19-22(18-14-10-7-3)20-25-27(23,24)26-21(4)17-15-12-9-6-2/h21-22H,5-20H2,1-4H3,(H,23,24). The molecule has 3 unspecified atom stereocenters. The van der Waals surface area contributed by atoms with Crippen molar-refractivity contribution in [2.45, 2.75) is 130 Å². The van der Waals surface area contributed by atoms with Crippen molar-refractivity contribution in [3.05, 3.63) is 0 Å². The Kier molecular flexibility index (Phi) is 18.2. The molecule has 0 heterocycles. The SMILES string of the molecule is CCCCCCCC(CCCCC)COP(=O)(O)OC(C)CCCCCC. The number of hydrogen-bond donors (Lipinski definition) is 1. The third kappa shape index (κ3) is 17.9. The average Bonchev–Trinajstić information content (AvgIpc) is 2.62. The van der Waals surface area contributed by atoms with Crippen molar-refractivity contribution in [1.29, 1.82) is 0 Å². The van der Waals surface area contributed by atoms with Crippen LogP contribution in [0.3, 0.4) is 0 Å². The zero-order valence-electron chi connectivity index (χ0n) is 18.6. The third-order valence-electron chi connectivity index (χ3n) is 5.18. The summed E-state index contributed by atoms with van der Waals surface area (Å²) in [5.41, 5.74) is 0. The molecule has 0 bridgehead atoms. The van der Waals surface area contributed by atoms with Gasteiger partial charge in [0.2, 0.25) is 0 Å². The van der Waals surface area contributed by atoms with Crippen LogP contribution >= 0.6 is 7.82 Å². The van der Waals surface area contributed by atoms with E-state index in [-0.39, 0.29) is 6.10 Å². The molecule has 0 saturated heterocycles. The van der Waals surface area contributed by atoms with E-state index in [4.69, 9.17) is 9.05 Å². The smallest absolute Gasteiger partial charge is 0.302 e. The molecule has 27 heavy (non-hydrogen) atoms. The van der Waals surface area contributed by atoms with Crippen LogP contribution < -0.4 is 0 Å². The molecule has 0 rings (SSSR count). The Labute approximate surface area is 169 Å². The number of hydrogen-bond acceptors (Lipinski definition) is 3. The number of unbranched alkanes of at least 4 members (excludes halogenated alkanes) is 9. The van der Waals surface area contributed by atoms with E-state index in [2.05, 4.69) is 20.8 Å². The van der Waals surface area contributed by atoms with Crippen molar-refractivity contribution in [1.82, 2.24) is 0 Å². The van der Waals surface area contributed by atoms with Crippen LogP contribution in [0.25, 0.3) is 0 Å². The summed E-state index contributed by atoms with van der Waals surface area (Å²) in [6, 6.07) is 0. The van der Waals surface area contributed by atoms with Crippen LogP contribution in [0.2, 0.25) is 0 Å². The molecule has 0 aromatic rings. The summed E-state index contributed by atoms with van der Waals surface area (Å²) in [5.74, 6) is 0.363. The summed E-state index contributed by atoms with van der Waals surface area (Å²) in [6.45, 7) is 8.81. The van der Waals surface area contributed by atoms with Gasteiger partial charge in [0, 0.05) is 0 Å². The Morgan fingerprint density at radius 1 is 0.741 bits per heavy atom. The van der Waals surface area contributed by atoms with Crippen LogP contribution in [0.15, 0.2) is 0 Å². The van der Waals surface area contributed by atoms with E-state index in [0.29, 0.717) is 12.5 Å². The van der Waals surface area contributed by atoms with Crippen molar-refractivity contribution in [3.63, 3.8) is 0 Å². The lowest BCUT2D eigenvalue weighted by molar-refractivity contribution is 0.0920. The first kappa shape index (κ1) is 27.1. The molecule has 0 radical (unpaired) electrons. The summed E-state index contributed by atoms with van der Waals surface area (Å²) in [7, 11) is -3.95. The second-order valence-corrected chi connectivity index (χ2v) is 9.50. The highest BCUT2D eigenvalue weighted by Crippen LogP contribution is 2.46. The molecule has 0 aromatic carbocycles. The van der Waals surface area contributed by atoms with Gasteiger partial charge in [-0.2, -0.15) is 0 Å². The largest absolute Gasteiger partial charge is 0.472 e. The van der Waals surface area contributed by atoms with E-state index in [9.17, 15) is 9.46 Å². The van der Waals surface area contributed by atoms with Gasteiger partial charge in [0.05, 0.1) is 12.7 Å². The van der Waals surface area contributed by atoms with Crippen LogP contribution in [0.1, 0.15) is 124 Å². The summed E-state index contributed by atoms with van der Waals surface area (Å²) < 4.78 is 23.0. The van der Waals surface area contributed by atoms with Crippen molar-refractivity contribution in [3.8, 4) is 0 Å². The fraction of sp³-hybridized carbons (Fsp3) is 1.00. The van der Waals surface area contributed by atoms with Crippen molar-refractivity contribution < 1.29 is 18.5 Å². The maximum atomic E-state index is 12.3. The zero-order valence-corrected chi connectivity index (χ0v) is 19.5. The van der Waals surface area contributed by atoms with Crippen LogP contribution in [0.4, 0.5) is 0 Å². The first-order valence-electron chi connectivity index (χ1n) is 11.6. The fourth-order valence-corrected chi connectivity index (χ4v) is 4.42. The van der Waals surface area contributed by atoms with Gasteiger partial charge in [0.1, 0.15) is 0 Å². The van der Waals surface area contributed by atoms with Gasteiger partial charge >= 0.3 is 7.82 Å². The molecular formula is C22H47O4P. The van der Waals surface area contributed by atoms with Gasteiger partial charge in [-0.3, -0.25) is 9.05 Å². The van der Waals surface area contributed by atoms with Crippen LogP contribution in [0, 0.1) is 5.92 Å². The van der Waals surface area contributed by atoms with E-state index >= 15 is 0 Å². The van der Waals surface area contributed by atoms with Crippen LogP contribution in [-0.2, 0) is 13.6 Å². The van der Waals surface area contributed by atoms with E-state index in [0.717, 1.165) is 32.1 Å². The number of phosphoric acid groups is 1. The third-order valence-corrected chi connectivity index (χ3v) is 6.28. The summed E-state index contributed by atoms with van der Waals surface area (Å²) in [4.78, 5) is 10.1. The summed E-state index contributed by atoms with van der Waals surface area (Å²) in [5, 5.41) is 0. The van der Waals surface area contributed by atoms with E-state index in [1.807, 2.05) is 6.92 Å². The predicted molar refractivity (Wildman–Crippen MR) is 116 cm³/mol.